The van der Waals surface area contributed by atoms with E-state index in [0.29, 0.717) is 5.75 Å². The Bertz CT molecular complexity index is 694. The Morgan fingerprint density at radius 1 is 1.20 bits per heavy atom. The van der Waals surface area contributed by atoms with E-state index in [1.807, 2.05) is 24.3 Å². The summed E-state index contributed by atoms with van der Waals surface area (Å²) in [5.41, 5.74) is 1.74. The van der Waals surface area contributed by atoms with Gasteiger partial charge < -0.3 is 5.32 Å². The van der Waals surface area contributed by atoms with Gasteiger partial charge in [-0.2, -0.15) is 0 Å². The van der Waals surface area contributed by atoms with E-state index in [1.54, 1.807) is 35.9 Å². The molecule has 0 spiro atoms. The minimum atomic E-state index is -0.0412. The quantitative estimate of drug-likeness (QED) is 0.750. The summed E-state index contributed by atoms with van der Waals surface area (Å²) in [4.78, 5) is 20.2. The summed E-state index contributed by atoms with van der Waals surface area (Å²) in [6, 6.07) is 11.5. The van der Waals surface area contributed by atoms with E-state index >= 15 is 0 Å². The van der Waals surface area contributed by atoms with Crippen LogP contribution in [-0.4, -0.2) is 21.6 Å². The first-order valence-electron chi connectivity index (χ1n) is 5.99. The number of amides is 1. The number of fused-ring (bicyclic) bond motifs is 1. The highest BCUT2D eigenvalue weighted by Crippen LogP contribution is 2.29. The molecular formula is C14H11N3OS2. The van der Waals surface area contributed by atoms with Crippen molar-refractivity contribution in [2.45, 2.75) is 4.34 Å². The van der Waals surface area contributed by atoms with E-state index in [-0.39, 0.29) is 5.91 Å². The van der Waals surface area contributed by atoms with Gasteiger partial charge in [0.1, 0.15) is 0 Å². The monoisotopic (exact) mass is 301 g/mol. The third kappa shape index (κ3) is 3.15. The topological polar surface area (TPSA) is 54.9 Å². The number of aromatic nitrogens is 2. The van der Waals surface area contributed by atoms with E-state index in [1.165, 1.54) is 11.8 Å². The summed E-state index contributed by atoms with van der Waals surface area (Å²) in [6.07, 6.45) is 3.30. The lowest BCUT2D eigenvalue weighted by molar-refractivity contribution is -0.113. The van der Waals surface area contributed by atoms with Crippen LogP contribution in [0.3, 0.4) is 0 Å². The second kappa shape index (κ2) is 6.02. The van der Waals surface area contributed by atoms with Gasteiger partial charge in [-0.15, -0.1) is 11.3 Å². The molecule has 6 heteroatoms. The molecule has 0 aliphatic carbocycles. The standard InChI is InChI=1S/C14H11N3OS2/c18-13(16-10-5-7-15-8-6-10)9-19-14-17-11-3-1-2-4-12(11)20-14/h1-8H,9H2,(H,15,16,18). The molecule has 0 atom stereocenters. The first-order chi connectivity index (χ1) is 9.81. The number of carbonyl (C=O) groups excluding carboxylic acids is 1. The number of thiazole rings is 1. The Balaban J connectivity index is 1.60. The van der Waals surface area contributed by atoms with Gasteiger partial charge in [0.2, 0.25) is 5.91 Å². The van der Waals surface area contributed by atoms with E-state index in [4.69, 9.17) is 0 Å². The molecule has 0 saturated carbocycles. The minimum Gasteiger partial charge on any atom is -0.325 e. The molecule has 100 valence electrons. The van der Waals surface area contributed by atoms with Crippen LogP contribution in [-0.2, 0) is 4.79 Å². The number of anilines is 1. The van der Waals surface area contributed by atoms with Crippen molar-refractivity contribution in [2.24, 2.45) is 0 Å². The van der Waals surface area contributed by atoms with Crippen LogP contribution in [0.5, 0.6) is 0 Å². The molecule has 3 aromatic rings. The maximum absolute atomic E-state index is 11.8. The molecule has 1 N–H and O–H groups in total. The van der Waals surface area contributed by atoms with Crippen molar-refractivity contribution in [3.8, 4) is 0 Å². The summed E-state index contributed by atoms with van der Waals surface area (Å²) in [6.45, 7) is 0. The van der Waals surface area contributed by atoms with Crippen LogP contribution in [0.4, 0.5) is 5.69 Å². The fraction of sp³-hybridized carbons (Fsp3) is 0.0714. The van der Waals surface area contributed by atoms with Gasteiger partial charge >= 0.3 is 0 Å². The number of nitrogens with zero attached hydrogens (tertiary/aromatic N) is 2. The first kappa shape index (κ1) is 13.1. The van der Waals surface area contributed by atoms with Crippen molar-refractivity contribution in [1.29, 1.82) is 0 Å². The highest BCUT2D eigenvalue weighted by atomic mass is 32.2. The summed E-state index contributed by atoms with van der Waals surface area (Å²) in [5.74, 6) is 0.308. The third-order valence-corrected chi connectivity index (χ3v) is 4.74. The fourth-order valence-electron chi connectivity index (χ4n) is 1.67. The lowest BCUT2D eigenvalue weighted by atomic mass is 10.3. The molecule has 1 amide bonds. The number of benzene rings is 1. The van der Waals surface area contributed by atoms with Gasteiger partial charge in [-0.1, -0.05) is 23.9 Å². The normalized spacial score (nSPS) is 10.6. The molecule has 2 heterocycles. The predicted octanol–water partition coefficient (Wildman–Crippen LogP) is 3.42. The summed E-state index contributed by atoms with van der Waals surface area (Å²) < 4.78 is 2.06. The van der Waals surface area contributed by atoms with Crippen molar-refractivity contribution in [3.63, 3.8) is 0 Å². The van der Waals surface area contributed by atoms with E-state index < -0.39 is 0 Å². The van der Waals surface area contributed by atoms with Gasteiger partial charge in [-0.3, -0.25) is 9.78 Å². The van der Waals surface area contributed by atoms with Gasteiger partial charge in [-0.05, 0) is 24.3 Å². The van der Waals surface area contributed by atoms with E-state index in [2.05, 4.69) is 15.3 Å². The maximum Gasteiger partial charge on any atom is 0.234 e. The molecule has 3 rings (SSSR count). The summed E-state index contributed by atoms with van der Waals surface area (Å²) in [5, 5.41) is 2.82. The van der Waals surface area contributed by atoms with Gasteiger partial charge in [0.05, 0.1) is 16.0 Å². The zero-order valence-corrected chi connectivity index (χ0v) is 12.1. The molecule has 0 fully saturated rings. The molecule has 0 unspecified atom stereocenters. The van der Waals surface area contributed by atoms with Crippen LogP contribution in [0, 0.1) is 0 Å². The van der Waals surface area contributed by atoms with Gasteiger partial charge in [0.15, 0.2) is 4.34 Å². The Kier molecular flexibility index (Phi) is 3.94. The molecular weight excluding hydrogens is 290 g/mol. The number of hydrogen-bond acceptors (Lipinski definition) is 5. The number of carbonyl (C=O) groups is 1. The average molecular weight is 301 g/mol. The fourth-order valence-corrected chi connectivity index (χ4v) is 3.54. The molecule has 0 radical (unpaired) electrons. The largest absolute Gasteiger partial charge is 0.325 e. The van der Waals surface area contributed by atoms with Crippen molar-refractivity contribution >= 4 is 44.9 Å². The van der Waals surface area contributed by atoms with Crippen LogP contribution in [0.2, 0.25) is 0 Å². The third-order valence-electron chi connectivity index (χ3n) is 2.57. The van der Waals surface area contributed by atoms with E-state index in [9.17, 15) is 4.79 Å². The Morgan fingerprint density at radius 2 is 2.00 bits per heavy atom. The predicted molar refractivity (Wildman–Crippen MR) is 83.2 cm³/mol. The SMILES string of the molecule is O=C(CSc1nc2ccccc2s1)Nc1ccncc1. The zero-order valence-electron chi connectivity index (χ0n) is 10.4. The molecule has 1 aromatic carbocycles. The number of nitrogens with one attached hydrogen (secondary N) is 1. The number of hydrogen-bond donors (Lipinski definition) is 1. The van der Waals surface area contributed by atoms with Crippen molar-refractivity contribution < 1.29 is 4.79 Å². The molecule has 2 aromatic heterocycles. The van der Waals surface area contributed by atoms with E-state index in [0.717, 1.165) is 20.2 Å². The van der Waals surface area contributed by atoms with Crippen LogP contribution in [0.15, 0.2) is 53.1 Å². The second-order valence-electron chi connectivity index (χ2n) is 4.02. The van der Waals surface area contributed by atoms with Gasteiger partial charge in [0.25, 0.3) is 0 Å². The van der Waals surface area contributed by atoms with Crippen LogP contribution < -0.4 is 5.32 Å². The summed E-state index contributed by atoms with van der Waals surface area (Å²) >= 11 is 3.06. The smallest absolute Gasteiger partial charge is 0.234 e. The summed E-state index contributed by atoms with van der Waals surface area (Å²) in [7, 11) is 0. The van der Waals surface area contributed by atoms with Gasteiger partial charge in [-0.25, -0.2) is 4.98 Å². The lowest BCUT2D eigenvalue weighted by Crippen LogP contribution is -2.13. The number of para-hydroxylation sites is 1. The molecule has 0 saturated heterocycles. The first-order valence-corrected chi connectivity index (χ1v) is 7.80. The molecule has 0 aliphatic rings. The highest BCUT2D eigenvalue weighted by molar-refractivity contribution is 8.01. The number of pyridine rings is 1. The van der Waals surface area contributed by atoms with Crippen LogP contribution in [0.1, 0.15) is 0 Å². The minimum absolute atomic E-state index is 0.0412. The molecule has 20 heavy (non-hydrogen) atoms. The Hall–Kier alpha value is -1.92. The van der Waals surface area contributed by atoms with Crippen molar-refractivity contribution in [2.75, 3.05) is 11.1 Å². The number of rotatable bonds is 4. The number of thioether (sulfide) groups is 1. The van der Waals surface area contributed by atoms with Crippen molar-refractivity contribution in [3.05, 3.63) is 48.8 Å². The molecule has 4 nitrogen and oxygen atoms in total. The second-order valence-corrected chi connectivity index (χ2v) is 6.27. The van der Waals surface area contributed by atoms with Crippen molar-refractivity contribution in [1.82, 2.24) is 9.97 Å². The lowest BCUT2D eigenvalue weighted by Gasteiger charge is -2.02. The van der Waals surface area contributed by atoms with Gasteiger partial charge in [0, 0.05) is 18.1 Å². The van der Waals surface area contributed by atoms with Crippen LogP contribution >= 0.6 is 23.1 Å². The average Bonchev–Trinajstić information content (AvgIpc) is 2.89. The Morgan fingerprint density at radius 3 is 2.80 bits per heavy atom. The highest BCUT2D eigenvalue weighted by Gasteiger charge is 2.07. The molecule has 0 bridgehead atoms. The molecule has 0 aliphatic heterocycles. The zero-order chi connectivity index (χ0) is 13.8. The van der Waals surface area contributed by atoms with Crippen LogP contribution in [0.25, 0.3) is 10.2 Å². The Labute approximate surface area is 124 Å². The maximum atomic E-state index is 11.8.